The zero-order valence-corrected chi connectivity index (χ0v) is 10.9. The molecule has 1 aliphatic heterocycles. The van der Waals surface area contributed by atoms with Gasteiger partial charge in [-0.05, 0) is 13.8 Å². The summed E-state index contributed by atoms with van der Waals surface area (Å²) in [6, 6.07) is 0. The smallest absolute Gasteiger partial charge is 0.372 e. The molecule has 112 valence electrons. The van der Waals surface area contributed by atoms with Gasteiger partial charge >= 0.3 is 6.18 Å². The van der Waals surface area contributed by atoms with Gasteiger partial charge in [0.1, 0.15) is 12.7 Å². The quantitative estimate of drug-likeness (QED) is 0.746. The maximum atomic E-state index is 11.7. The number of carbonyl (C=O) groups excluding carboxylic acids is 1. The summed E-state index contributed by atoms with van der Waals surface area (Å²) in [6.07, 6.45) is -4.72. The zero-order valence-electron chi connectivity index (χ0n) is 10.9. The SMILES string of the molecule is CC1(C)OCC(CNC(=O)CCOCC(F)(F)F)O1. The number of ether oxygens (including phenoxy) is 3. The van der Waals surface area contributed by atoms with Gasteiger partial charge in [-0.1, -0.05) is 0 Å². The minimum absolute atomic E-state index is 0.118. The molecular weight excluding hydrogens is 267 g/mol. The summed E-state index contributed by atoms with van der Waals surface area (Å²) in [4.78, 5) is 11.3. The molecule has 0 aromatic carbocycles. The monoisotopic (exact) mass is 285 g/mol. The Hall–Kier alpha value is -0.860. The van der Waals surface area contributed by atoms with Crippen LogP contribution in [0.3, 0.4) is 0 Å². The summed E-state index contributed by atoms with van der Waals surface area (Å²) in [6.45, 7) is 2.56. The Balaban J connectivity index is 2.06. The van der Waals surface area contributed by atoms with Crippen molar-refractivity contribution < 1.29 is 32.2 Å². The van der Waals surface area contributed by atoms with Crippen LogP contribution in [0.5, 0.6) is 0 Å². The normalized spacial score (nSPS) is 22.5. The Labute approximate surface area is 109 Å². The van der Waals surface area contributed by atoms with Crippen LogP contribution in [0.15, 0.2) is 0 Å². The van der Waals surface area contributed by atoms with Gasteiger partial charge < -0.3 is 19.5 Å². The lowest BCUT2D eigenvalue weighted by Crippen LogP contribution is -2.35. The fourth-order valence-corrected chi connectivity index (χ4v) is 1.53. The molecule has 1 fully saturated rings. The van der Waals surface area contributed by atoms with E-state index >= 15 is 0 Å². The molecule has 1 amide bonds. The standard InChI is InChI=1S/C11H18F3NO4/c1-10(2)18-6-8(19-10)5-15-9(16)3-4-17-7-11(12,13)14/h8H,3-7H2,1-2H3,(H,15,16). The van der Waals surface area contributed by atoms with E-state index in [1.54, 1.807) is 13.8 Å². The summed E-state index contributed by atoms with van der Waals surface area (Å²) < 4.78 is 50.3. The van der Waals surface area contributed by atoms with Crippen LogP contribution in [0.4, 0.5) is 13.2 Å². The Bertz CT molecular complexity index is 307. The van der Waals surface area contributed by atoms with E-state index in [0.29, 0.717) is 6.61 Å². The summed E-state index contributed by atoms with van der Waals surface area (Å²) >= 11 is 0. The first-order chi connectivity index (χ1) is 8.68. The Morgan fingerprint density at radius 2 is 2.16 bits per heavy atom. The van der Waals surface area contributed by atoms with Crippen LogP contribution in [-0.4, -0.2) is 50.3 Å². The van der Waals surface area contributed by atoms with E-state index in [2.05, 4.69) is 10.1 Å². The molecular formula is C11H18F3NO4. The molecule has 1 saturated heterocycles. The number of halogens is 3. The second kappa shape index (κ2) is 6.53. The highest BCUT2D eigenvalue weighted by atomic mass is 19.4. The number of hydrogen-bond acceptors (Lipinski definition) is 4. The van der Waals surface area contributed by atoms with E-state index in [0.717, 1.165) is 0 Å². The molecule has 0 spiro atoms. The lowest BCUT2D eigenvalue weighted by atomic mass is 10.3. The molecule has 5 nitrogen and oxygen atoms in total. The van der Waals surface area contributed by atoms with Crippen LogP contribution in [0.25, 0.3) is 0 Å². The minimum Gasteiger partial charge on any atom is -0.372 e. The maximum Gasteiger partial charge on any atom is 0.411 e. The van der Waals surface area contributed by atoms with Gasteiger partial charge in [0.2, 0.25) is 5.91 Å². The molecule has 0 bridgehead atoms. The molecule has 1 N–H and O–H groups in total. The molecule has 0 aliphatic carbocycles. The average molecular weight is 285 g/mol. The van der Waals surface area contributed by atoms with Crippen molar-refractivity contribution in [2.45, 2.75) is 38.3 Å². The average Bonchev–Trinajstić information content (AvgIpc) is 2.60. The molecule has 0 aromatic heterocycles. The van der Waals surface area contributed by atoms with Crippen molar-refractivity contribution in [2.24, 2.45) is 0 Å². The fraction of sp³-hybridized carbons (Fsp3) is 0.909. The fourth-order valence-electron chi connectivity index (χ4n) is 1.53. The van der Waals surface area contributed by atoms with Gasteiger partial charge in [0.05, 0.1) is 13.2 Å². The second-order valence-corrected chi connectivity index (χ2v) is 4.67. The number of nitrogens with one attached hydrogen (secondary N) is 1. The topological polar surface area (TPSA) is 56.8 Å². The summed E-state index contributed by atoms with van der Waals surface area (Å²) in [7, 11) is 0. The van der Waals surface area contributed by atoms with Gasteiger partial charge in [-0.3, -0.25) is 4.79 Å². The van der Waals surface area contributed by atoms with Crippen LogP contribution in [-0.2, 0) is 19.0 Å². The van der Waals surface area contributed by atoms with Crippen molar-refractivity contribution in [1.29, 1.82) is 0 Å². The first-order valence-corrected chi connectivity index (χ1v) is 5.91. The highest BCUT2D eigenvalue weighted by Crippen LogP contribution is 2.21. The van der Waals surface area contributed by atoms with E-state index in [-0.39, 0.29) is 31.6 Å². The van der Waals surface area contributed by atoms with E-state index in [1.807, 2.05) is 0 Å². The first-order valence-electron chi connectivity index (χ1n) is 5.91. The number of carbonyl (C=O) groups is 1. The number of rotatable bonds is 6. The molecule has 1 rings (SSSR count). The molecule has 0 aromatic rings. The van der Waals surface area contributed by atoms with Crippen molar-refractivity contribution in [3.8, 4) is 0 Å². The van der Waals surface area contributed by atoms with Crippen molar-refractivity contribution >= 4 is 5.91 Å². The van der Waals surface area contributed by atoms with Crippen LogP contribution in [0, 0.1) is 0 Å². The highest BCUT2D eigenvalue weighted by Gasteiger charge is 2.32. The third-order valence-electron chi connectivity index (χ3n) is 2.33. The van der Waals surface area contributed by atoms with Crippen LogP contribution in [0.2, 0.25) is 0 Å². The van der Waals surface area contributed by atoms with Gasteiger partial charge in [0, 0.05) is 13.0 Å². The van der Waals surface area contributed by atoms with Gasteiger partial charge in [-0.2, -0.15) is 13.2 Å². The molecule has 8 heteroatoms. The summed E-state index contributed by atoms with van der Waals surface area (Å²) in [5, 5.41) is 2.55. The molecule has 1 aliphatic rings. The number of hydrogen-bond donors (Lipinski definition) is 1. The zero-order chi connectivity index (χ0) is 14.5. The molecule has 1 atom stereocenters. The van der Waals surface area contributed by atoms with E-state index in [9.17, 15) is 18.0 Å². The molecule has 1 unspecified atom stereocenters. The van der Waals surface area contributed by atoms with E-state index in [4.69, 9.17) is 9.47 Å². The predicted molar refractivity (Wildman–Crippen MR) is 59.4 cm³/mol. The van der Waals surface area contributed by atoms with E-state index in [1.165, 1.54) is 0 Å². The molecule has 0 saturated carbocycles. The predicted octanol–water partition coefficient (Wildman–Crippen LogP) is 1.22. The van der Waals surface area contributed by atoms with Crippen LogP contribution in [0.1, 0.15) is 20.3 Å². The van der Waals surface area contributed by atoms with Gasteiger partial charge in [0.15, 0.2) is 5.79 Å². The Morgan fingerprint density at radius 1 is 1.47 bits per heavy atom. The molecule has 19 heavy (non-hydrogen) atoms. The van der Waals surface area contributed by atoms with Crippen LogP contribution < -0.4 is 5.32 Å². The highest BCUT2D eigenvalue weighted by molar-refractivity contribution is 5.75. The third-order valence-corrected chi connectivity index (χ3v) is 2.33. The third kappa shape index (κ3) is 7.34. The lowest BCUT2D eigenvalue weighted by molar-refractivity contribution is -0.174. The summed E-state index contributed by atoms with van der Waals surface area (Å²) in [5.74, 6) is -1.04. The van der Waals surface area contributed by atoms with Crippen molar-refractivity contribution in [1.82, 2.24) is 5.32 Å². The number of amides is 1. The van der Waals surface area contributed by atoms with Gasteiger partial charge in [0.25, 0.3) is 0 Å². The lowest BCUT2D eigenvalue weighted by Gasteiger charge is -2.17. The Morgan fingerprint density at radius 3 is 2.68 bits per heavy atom. The number of alkyl halides is 3. The van der Waals surface area contributed by atoms with Crippen molar-refractivity contribution in [3.05, 3.63) is 0 Å². The van der Waals surface area contributed by atoms with Gasteiger partial charge in [-0.15, -0.1) is 0 Å². The van der Waals surface area contributed by atoms with E-state index < -0.39 is 18.6 Å². The maximum absolute atomic E-state index is 11.7. The Kier molecular flexibility index (Phi) is 5.57. The minimum atomic E-state index is -4.36. The summed E-state index contributed by atoms with van der Waals surface area (Å²) in [5.41, 5.74) is 0. The molecule has 0 radical (unpaired) electrons. The second-order valence-electron chi connectivity index (χ2n) is 4.67. The molecule has 1 heterocycles. The first kappa shape index (κ1) is 16.2. The van der Waals surface area contributed by atoms with Crippen LogP contribution >= 0.6 is 0 Å². The largest absolute Gasteiger partial charge is 0.411 e. The van der Waals surface area contributed by atoms with Crippen molar-refractivity contribution in [2.75, 3.05) is 26.4 Å². The van der Waals surface area contributed by atoms with Gasteiger partial charge in [-0.25, -0.2) is 0 Å². The van der Waals surface area contributed by atoms with Crippen molar-refractivity contribution in [3.63, 3.8) is 0 Å².